The first-order valence-corrected chi connectivity index (χ1v) is 15.9. The highest BCUT2D eigenvalue weighted by Gasteiger charge is 2.25. The molecule has 1 saturated heterocycles. The van der Waals surface area contributed by atoms with E-state index in [0.717, 1.165) is 63.9 Å². The molecule has 0 saturated carbocycles. The van der Waals surface area contributed by atoms with E-state index in [2.05, 4.69) is 49.8 Å². The lowest BCUT2D eigenvalue weighted by molar-refractivity contribution is 0.0623. The second kappa shape index (κ2) is 12.2. The number of carbonyl (C=O) groups excluding carboxylic acids is 1. The minimum atomic E-state index is -0.0155. The van der Waals surface area contributed by atoms with Crippen molar-refractivity contribution in [2.75, 3.05) is 33.0 Å². The van der Waals surface area contributed by atoms with Crippen molar-refractivity contribution < 1.29 is 14.3 Å². The lowest BCUT2D eigenvalue weighted by Crippen LogP contribution is -2.48. The summed E-state index contributed by atoms with van der Waals surface area (Å²) in [4.78, 5) is 26.4. The van der Waals surface area contributed by atoms with Crippen LogP contribution in [0.3, 0.4) is 0 Å². The average molecular weight is 612 g/mol. The third kappa shape index (κ3) is 5.85. The van der Waals surface area contributed by atoms with Gasteiger partial charge in [-0.3, -0.25) is 19.2 Å². The normalized spacial score (nSPS) is 14.8. The number of pyridine rings is 1. The third-order valence-electron chi connectivity index (χ3n) is 7.53. The Balaban J connectivity index is 0.993. The van der Waals surface area contributed by atoms with E-state index in [1.165, 1.54) is 16.9 Å². The van der Waals surface area contributed by atoms with Crippen molar-refractivity contribution in [1.29, 1.82) is 0 Å². The number of amides is 1. The summed E-state index contributed by atoms with van der Waals surface area (Å²) in [6, 6.07) is 18.1. The van der Waals surface area contributed by atoms with Crippen LogP contribution in [0.15, 0.2) is 77.5 Å². The minimum absolute atomic E-state index is 0.0155. The molecule has 1 amide bonds. The topological polar surface area (TPSA) is 98.5 Å². The van der Waals surface area contributed by atoms with E-state index in [9.17, 15) is 4.79 Å². The summed E-state index contributed by atoms with van der Waals surface area (Å²) in [6.45, 7) is 6.12. The molecule has 0 N–H and O–H groups in total. The van der Waals surface area contributed by atoms with Crippen LogP contribution in [0.4, 0.5) is 0 Å². The molecule has 7 rings (SSSR count). The Bertz CT molecular complexity index is 1750. The Morgan fingerprint density at radius 1 is 0.977 bits per heavy atom. The van der Waals surface area contributed by atoms with E-state index in [4.69, 9.17) is 14.5 Å². The number of thioether (sulfide) groups is 1. The summed E-state index contributed by atoms with van der Waals surface area (Å²) >= 11 is 3.07. The number of ether oxygens (including phenoxy) is 2. The van der Waals surface area contributed by atoms with Crippen molar-refractivity contribution in [2.45, 2.75) is 24.4 Å². The summed E-state index contributed by atoms with van der Waals surface area (Å²) in [5, 5.41) is 12.6. The van der Waals surface area contributed by atoms with Gasteiger partial charge in [0.25, 0.3) is 5.91 Å². The number of aryl methyl sites for hydroxylation is 1. The summed E-state index contributed by atoms with van der Waals surface area (Å²) < 4.78 is 13.0. The molecule has 0 spiro atoms. The van der Waals surface area contributed by atoms with Gasteiger partial charge in [0, 0.05) is 56.1 Å². The number of thiazole rings is 1. The fourth-order valence-electron chi connectivity index (χ4n) is 5.25. The van der Waals surface area contributed by atoms with Gasteiger partial charge in [0.2, 0.25) is 6.79 Å². The Labute approximate surface area is 257 Å². The van der Waals surface area contributed by atoms with Crippen molar-refractivity contribution in [1.82, 2.24) is 34.5 Å². The first kappa shape index (κ1) is 27.6. The fraction of sp³-hybridized carbons (Fsp3) is 0.258. The van der Waals surface area contributed by atoms with Crippen LogP contribution >= 0.6 is 23.1 Å². The molecule has 0 bridgehead atoms. The Hall–Kier alpha value is -4.26. The van der Waals surface area contributed by atoms with Crippen molar-refractivity contribution in [3.05, 3.63) is 94.2 Å². The van der Waals surface area contributed by atoms with Crippen LogP contribution in [0.25, 0.3) is 17.1 Å². The molecule has 5 aromatic rings. The molecule has 0 aliphatic carbocycles. The molecule has 12 heteroatoms. The number of carbonyl (C=O) groups is 1. The maximum absolute atomic E-state index is 13.3. The number of piperazine rings is 1. The fourth-order valence-corrected chi connectivity index (χ4v) is 6.98. The van der Waals surface area contributed by atoms with Crippen molar-refractivity contribution in [3.63, 3.8) is 0 Å². The summed E-state index contributed by atoms with van der Waals surface area (Å²) in [7, 11) is 0. The number of aromatic nitrogens is 5. The smallest absolute Gasteiger partial charge is 0.273 e. The van der Waals surface area contributed by atoms with Gasteiger partial charge in [-0.2, -0.15) is 0 Å². The van der Waals surface area contributed by atoms with E-state index < -0.39 is 0 Å². The molecule has 2 aliphatic rings. The SMILES string of the molecule is Cc1ccccc1-n1c(SCc2nc(C(=O)N3CCN(Cc4ccc5c(c4)OCO5)CC3)cs2)nnc1-c1ccncc1. The molecule has 218 valence electrons. The van der Waals surface area contributed by atoms with E-state index in [-0.39, 0.29) is 12.7 Å². The van der Waals surface area contributed by atoms with Gasteiger partial charge in [-0.15, -0.1) is 21.5 Å². The average Bonchev–Trinajstić information content (AvgIpc) is 3.81. The first-order valence-electron chi connectivity index (χ1n) is 14.0. The molecular formula is C31H29N7O3S2. The molecule has 0 radical (unpaired) electrons. The maximum atomic E-state index is 13.3. The van der Waals surface area contributed by atoms with Gasteiger partial charge in [-0.25, -0.2) is 4.98 Å². The zero-order valence-corrected chi connectivity index (χ0v) is 25.2. The molecular weight excluding hydrogens is 583 g/mol. The molecule has 2 aromatic carbocycles. The Kier molecular flexibility index (Phi) is 7.79. The van der Waals surface area contributed by atoms with Crippen LogP contribution in [0, 0.1) is 6.92 Å². The van der Waals surface area contributed by atoms with Gasteiger partial charge in [0.05, 0.1) is 11.4 Å². The number of fused-ring (bicyclic) bond motifs is 1. The molecule has 1 fully saturated rings. The van der Waals surface area contributed by atoms with E-state index in [1.807, 2.05) is 46.7 Å². The predicted octanol–water partition coefficient (Wildman–Crippen LogP) is 5.07. The van der Waals surface area contributed by atoms with Gasteiger partial charge in [0.15, 0.2) is 22.5 Å². The highest BCUT2D eigenvalue weighted by molar-refractivity contribution is 7.98. The predicted molar refractivity (Wildman–Crippen MR) is 165 cm³/mol. The first-order chi connectivity index (χ1) is 21.1. The molecule has 3 aromatic heterocycles. The number of benzene rings is 2. The molecule has 0 atom stereocenters. The van der Waals surface area contributed by atoms with Gasteiger partial charge >= 0.3 is 0 Å². The van der Waals surface area contributed by atoms with Crippen LogP contribution in [0.1, 0.15) is 26.6 Å². The molecule has 0 unspecified atom stereocenters. The van der Waals surface area contributed by atoms with E-state index >= 15 is 0 Å². The third-order valence-corrected chi connectivity index (χ3v) is 9.50. The molecule has 43 heavy (non-hydrogen) atoms. The lowest BCUT2D eigenvalue weighted by Gasteiger charge is -2.34. The second-order valence-corrected chi connectivity index (χ2v) is 12.2. The molecule has 2 aliphatic heterocycles. The summed E-state index contributed by atoms with van der Waals surface area (Å²) in [5.41, 5.74) is 4.77. The monoisotopic (exact) mass is 611 g/mol. The number of nitrogens with zero attached hydrogens (tertiary/aromatic N) is 7. The van der Waals surface area contributed by atoms with Crippen LogP contribution in [-0.2, 0) is 12.3 Å². The van der Waals surface area contributed by atoms with Crippen molar-refractivity contribution in [3.8, 4) is 28.6 Å². The van der Waals surface area contributed by atoms with Crippen LogP contribution < -0.4 is 9.47 Å². The maximum Gasteiger partial charge on any atom is 0.273 e. The van der Waals surface area contributed by atoms with E-state index in [0.29, 0.717) is 24.5 Å². The zero-order chi connectivity index (χ0) is 29.2. The van der Waals surface area contributed by atoms with E-state index in [1.54, 1.807) is 24.2 Å². The number of hydrogen-bond acceptors (Lipinski definition) is 10. The standard InChI is InChI=1S/C31H29N7O3S2/c1-21-4-2-3-5-25(21)38-29(23-8-10-32-11-9-23)34-35-31(38)43-19-28-33-24(18-42-28)30(39)37-14-12-36(13-15-37)17-22-6-7-26-27(16-22)41-20-40-26/h2-11,16,18H,12-15,17,19-20H2,1H3. The van der Waals surface area contributed by atoms with Crippen molar-refractivity contribution in [2.24, 2.45) is 0 Å². The highest BCUT2D eigenvalue weighted by atomic mass is 32.2. The molecule has 10 nitrogen and oxygen atoms in total. The second-order valence-electron chi connectivity index (χ2n) is 10.3. The van der Waals surface area contributed by atoms with Crippen LogP contribution in [-0.4, -0.2) is 73.4 Å². The van der Waals surface area contributed by atoms with Crippen LogP contribution in [0.2, 0.25) is 0 Å². The Morgan fingerprint density at radius 2 is 1.79 bits per heavy atom. The van der Waals surface area contributed by atoms with Gasteiger partial charge in [0.1, 0.15) is 10.7 Å². The summed E-state index contributed by atoms with van der Waals surface area (Å²) in [6.07, 6.45) is 3.51. The largest absolute Gasteiger partial charge is 0.454 e. The number of hydrogen-bond donors (Lipinski definition) is 0. The van der Waals surface area contributed by atoms with Crippen molar-refractivity contribution >= 4 is 29.0 Å². The van der Waals surface area contributed by atoms with Gasteiger partial charge in [-0.05, 0) is 48.4 Å². The number of para-hydroxylation sites is 1. The summed E-state index contributed by atoms with van der Waals surface area (Å²) in [5.74, 6) is 2.92. The zero-order valence-electron chi connectivity index (χ0n) is 23.5. The van der Waals surface area contributed by atoms with Crippen LogP contribution in [0.5, 0.6) is 11.5 Å². The van der Waals surface area contributed by atoms with Gasteiger partial charge in [-0.1, -0.05) is 36.0 Å². The Morgan fingerprint density at radius 3 is 2.63 bits per heavy atom. The number of rotatable bonds is 8. The molecule has 5 heterocycles. The highest BCUT2D eigenvalue weighted by Crippen LogP contribution is 2.33. The minimum Gasteiger partial charge on any atom is -0.454 e. The quantitative estimate of drug-likeness (QED) is 0.223. The van der Waals surface area contributed by atoms with Gasteiger partial charge < -0.3 is 14.4 Å². The lowest BCUT2D eigenvalue weighted by atomic mass is 10.1.